The first-order valence-corrected chi connectivity index (χ1v) is 5.65. The molecule has 1 unspecified atom stereocenters. The van der Waals surface area contributed by atoms with Crippen molar-refractivity contribution in [2.45, 2.75) is 19.9 Å². The maximum absolute atomic E-state index is 5.32. The van der Waals surface area contributed by atoms with Crippen molar-refractivity contribution in [1.29, 1.82) is 0 Å². The van der Waals surface area contributed by atoms with Crippen molar-refractivity contribution in [1.82, 2.24) is 9.97 Å². The largest absolute Gasteiger partial charge is 0.467 e. The Morgan fingerprint density at radius 3 is 2.88 bits per heavy atom. The Morgan fingerprint density at radius 2 is 2.18 bits per heavy atom. The second-order valence-electron chi connectivity index (χ2n) is 3.70. The van der Waals surface area contributed by atoms with Gasteiger partial charge in [-0.1, -0.05) is 0 Å². The third-order valence-corrected chi connectivity index (χ3v) is 2.33. The van der Waals surface area contributed by atoms with E-state index in [-0.39, 0.29) is 6.04 Å². The zero-order chi connectivity index (χ0) is 12.1. The third-order valence-electron chi connectivity index (χ3n) is 2.33. The van der Waals surface area contributed by atoms with E-state index in [2.05, 4.69) is 20.6 Å². The first-order chi connectivity index (χ1) is 8.29. The molecule has 2 heterocycles. The van der Waals surface area contributed by atoms with Gasteiger partial charge < -0.3 is 15.1 Å². The van der Waals surface area contributed by atoms with Gasteiger partial charge in [0.1, 0.15) is 17.4 Å². The molecule has 2 rings (SSSR count). The summed E-state index contributed by atoms with van der Waals surface area (Å²) < 4.78 is 5.32. The monoisotopic (exact) mass is 232 g/mol. The Morgan fingerprint density at radius 1 is 1.35 bits per heavy atom. The summed E-state index contributed by atoms with van der Waals surface area (Å²) in [4.78, 5) is 8.51. The second-order valence-corrected chi connectivity index (χ2v) is 3.70. The smallest absolute Gasteiger partial charge is 0.147 e. The van der Waals surface area contributed by atoms with Crippen molar-refractivity contribution < 1.29 is 4.42 Å². The minimum atomic E-state index is 0.0659. The number of nitrogens with zero attached hydrogens (tertiary/aromatic N) is 2. The Labute approximate surface area is 100 Å². The number of anilines is 2. The normalized spacial score (nSPS) is 12.1. The van der Waals surface area contributed by atoms with Crippen LogP contribution in [0, 0.1) is 0 Å². The lowest BCUT2D eigenvalue weighted by Crippen LogP contribution is -2.09. The first kappa shape index (κ1) is 11.4. The van der Waals surface area contributed by atoms with E-state index in [1.54, 1.807) is 18.7 Å². The molecule has 0 saturated heterocycles. The van der Waals surface area contributed by atoms with E-state index in [1.165, 1.54) is 0 Å². The number of aromatic nitrogens is 2. The van der Waals surface area contributed by atoms with Crippen LogP contribution in [-0.4, -0.2) is 16.5 Å². The fraction of sp³-hybridized carbons (Fsp3) is 0.333. The number of furan rings is 1. The van der Waals surface area contributed by atoms with Gasteiger partial charge in [0, 0.05) is 6.54 Å². The molecule has 17 heavy (non-hydrogen) atoms. The molecule has 0 fully saturated rings. The Hall–Kier alpha value is -2.04. The molecule has 90 valence electrons. The van der Waals surface area contributed by atoms with Crippen LogP contribution in [0.2, 0.25) is 0 Å². The van der Waals surface area contributed by atoms with Crippen LogP contribution in [0.3, 0.4) is 0 Å². The lowest BCUT2D eigenvalue weighted by atomic mass is 10.2. The SMILES string of the molecule is CCNc1cncc(NC(C)c2ccco2)n1. The molecule has 2 aromatic rings. The molecule has 1 atom stereocenters. The van der Waals surface area contributed by atoms with Gasteiger partial charge in [0.25, 0.3) is 0 Å². The van der Waals surface area contributed by atoms with Crippen LogP contribution in [0.15, 0.2) is 35.2 Å². The van der Waals surface area contributed by atoms with Crippen LogP contribution >= 0.6 is 0 Å². The molecule has 0 aliphatic heterocycles. The van der Waals surface area contributed by atoms with E-state index in [4.69, 9.17) is 4.42 Å². The summed E-state index contributed by atoms with van der Waals surface area (Å²) in [6.07, 6.45) is 5.06. The summed E-state index contributed by atoms with van der Waals surface area (Å²) in [6.45, 7) is 4.86. The summed E-state index contributed by atoms with van der Waals surface area (Å²) in [5.74, 6) is 2.37. The molecule has 2 N–H and O–H groups in total. The first-order valence-electron chi connectivity index (χ1n) is 5.65. The van der Waals surface area contributed by atoms with E-state index in [0.717, 1.165) is 23.9 Å². The standard InChI is InChI=1S/C12H16N4O/c1-3-14-11-7-13-8-12(16-11)15-9(2)10-5-4-6-17-10/h4-9H,3H2,1-2H3,(H2,14,15,16). The quantitative estimate of drug-likeness (QED) is 0.829. The van der Waals surface area contributed by atoms with Crippen LogP contribution in [-0.2, 0) is 0 Å². The van der Waals surface area contributed by atoms with Crippen molar-refractivity contribution in [3.05, 3.63) is 36.5 Å². The fourth-order valence-electron chi connectivity index (χ4n) is 1.53. The summed E-state index contributed by atoms with van der Waals surface area (Å²) in [6, 6.07) is 3.87. The fourth-order valence-corrected chi connectivity index (χ4v) is 1.53. The van der Waals surface area contributed by atoms with Crippen molar-refractivity contribution in [3.63, 3.8) is 0 Å². The van der Waals surface area contributed by atoms with Crippen LogP contribution in [0.4, 0.5) is 11.6 Å². The molecular formula is C12H16N4O. The highest BCUT2D eigenvalue weighted by Crippen LogP contribution is 2.18. The molecule has 5 heteroatoms. The Balaban J connectivity index is 2.05. The number of nitrogens with one attached hydrogen (secondary N) is 2. The van der Waals surface area contributed by atoms with Crippen LogP contribution in [0.25, 0.3) is 0 Å². The zero-order valence-corrected chi connectivity index (χ0v) is 9.97. The molecular weight excluding hydrogens is 216 g/mol. The minimum absolute atomic E-state index is 0.0659. The molecule has 0 amide bonds. The van der Waals surface area contributed by atoms with Crippen molar-refractivity contribution in [2.24, 2.45) is 0 Å². The van der Waals surface area contributed by atoms with Crippen LogP contribution in [0.1, 0.15) is 25.6 Å². The van der Waals surface area contributed by atoms with Gasteiger partial charge in [-0.05, 0) is 26.0 Å². The molecule has 0 spiro atoms. The Bertz CT molecular complexity index is 455. The van der Waals surface area contributed by atoms with E-state index in [0.29, 0.717) is 0 Å². The van der Waals surface area contributed by atoms with Gasteiger partial charge in [-0.2, -0.15) is 0 Å². The average Bonchev–Trinajstić information content (AvgIpc) is 2.83. The highest BCUT2D eigenvalue weighted by atomic mass is 16.3. The zero-order valence-electron chi connectivity index (χ0n) is 9.97. The predicted octanol–water partition coefficient (Wildman–Crippen LogP) is 2.67. The van der Waals surface area contributed by atoms with Crippen molar-refractivity contribution in [3.8, 4) is 0 Å². The lowest BCUT2D eigenvalue weighted by molar-refractivity contribution is 0.490. The summed E-state index contributed by atoms with van der Waals surface area (Å²) in [7, 11) is 0. The second kappa shape index (κ2) is 5.34. The Kier molecular flexibility index (Phi) is 3.59. The maximum atomic E-state index is 5.32. The molecule has 0 bridgehead atoms. The van der Waals surface area contributed by atoms with Crippen molar-refractivity contribution >= 4 is 11.6 Å². The molecule has 5 nitrogen and oxygen atoms in total. The van der Waals surface area contributed by atoms with Crippen LogP contribution in [0.5, 0.6) is 0 Å². The predicted molar refractivity (Wildman–Crippen MR) is 66.9 cm³/mol. The molecule has 0 aliphatic carbocycles. The number of hydrogen-bond acceptors (Lipinski definition) is 5. The molecule has 0 radical (unpaired) electrons. The number of rotatable bonds is 5. The van der Waals surface area contributed by atoms with Gasteiger partial charge in [0.05, 0.1) is 24.7 Å². The van der Waals surface area contributed by atoms with E-state index >= 15 is 0 Å². The summed E-state index contributed by atoms with van der Waals surface area (Å²) >= 11 is 0. The molecule has 0 saturated carbocycles. The highest BCUT2D eigenvalue weighted by molar-refractivity contribution is 5.42. The number of hydrogen-bond donors (Lipinski definition) is 2. The summed E-state index contributed by atoms with van der Waals surface area (Å²) in [5.41, 5.74) is 0. The van der Waals surface area contributed by atoms with Gasteiger partial charge in [0.2, 0.25) is 0 Å². The lowest BCUT2D eigenvalue weighted by Gasteiger charge is -2.12. The molecule has 0 aromatic carbocycles. The van der Waals surface area contributed by atoms with Gasteiger partial charge in [-0.3, -0.25) is 4.98 Å². The van der Waals surface area contributed by atoms with Crippen molar-refractivity contribution in [2.75, 3.05) is 17.2 Å². The van der Waals surface area contributed by atoms with Gasteiger partial charge >= 0.3 is 0 Å². The maximum Gasteiger partial charge on any atom is 0.147 e. The van der Waals surface area contributed by atoms with E-state index < -0.39 is 0 Å². The van der Waals surface area contributed by atoms with Gasteiger partial charge in [-0.15, -0.1) is 0 Å². The highest BCUT2D eigenvalue weighted by Gasteiger charge is 2.08. The third kappa shape index (κ3) is 2.96. The van der Waals surface area contributed by atoms with Gasteiger partial charge in [0.15, 0.2) is 0 Å². The molecule has 0 aliphatic rings. The topological polar surface area (TPSA) is 63.0 Å². The summed E-state index contributed by atoms with van der Waals surface area (Å²) in [5, 5.41) is 6.35. The van der Waals surface area contributed by atoms with E-state index in [9.17, 15) is 0 Å². The average molecular weight is 232 g/mol. The van der Waals surface area contributed by atoms with Crippen LogP contribution < -0.4 is 10.6 Å². The van der Waals surface area contributed by atoms with E-state index in [1.807, 2.05) is 26.0 Å². The molecule has 2 aromatic heterocycles. The minimum Gasteiger partial charge on any atom is -0.467 e. The van der Waals surface area contributed by atoms with Gasteiger partial charge in [-0.25, -0.2) is 4.98 Å².